The molecule has 4 nitrogen and oxygen atoms in total. The average Bonchev–Trinajstić information content (AvgIpc) is 2.57. The topological polar surface area (TPSA) is 55.1 Å². The van der Waals surface area contributed by atoms with Crippen LogP contribution in [0.15, 0.2) is 24.3 Å². The number of para-hydroxylation sites is 1. The minimum atomic E-state index is -0.861. The second-order valence-electron chi connectivity index (χ2n) is 4.08. The first-order chi connectivity index (χ1) is 8.50. The van der Waals surface area contributed by atoms with Gasteiger partial charge in [0, 0.05) is 11.3 Å². The number of halogens is 1. The summed E-state index contributed by atoms with van der Waals surface area (Å²) in [4.78, 5) is 10.8. The zero-order valence-electron chi connectivity index (χ0n) is 10.1. The number of aliphatic carboxylic acids is 1. The first kappa shape index (κ1) is 12.6. The number of aromatic nitrogens is 2. The van der Waals surface area contributed by atoms with Crippen molar-refractivity contribution in [1.29, 1.82) is 0 Å². The van der Waals surface area contributed by atoms with Crippen LogP contribution in [0.25, 0.3) is 5.69 Å². The molecule has 1 N–H and O–H groups in total. The maximum Gasteiger partial charge on any atom is 0.307 e. The zero-order valence-corrected chi connectivity index (χ0v) is 10.9. The summed E-state index contributed by atoms with van der Waals surface area (Å²) in [7, 11) is 0. The van der Waals surface area contributed by atoms with E-state index in [0.717, 1.165) is 22.6 Å². The van der Waals surface area contributed by atoms with Gasteiger partial charge in [0.25, 0.3) is 0 Å². The lowest BCUT2D eigenvalue weighted by atomic mass is 10.1. The van der Waals surface area contributed by atoms with Crippen molar-refractivity contribution in [2.45, 2.75) is 20.3 Å². The number of nitrogens with zero attached hydrogens (tertiary/aromatic N) is 2. The van der Waals surface area contributed by atoms with Crippen molar-refractivity contribution >= 4 is 17.6 Å². The number of rotatable bonds is 3. The van der Waals surface area contributed by atoms with Gasteiger partial charge in [-0.2, -0.15) is 5.10 Å². The van der Waals surface area contributed by atoms with E-state index in [0.29, 0.717) is 5.02 Å². The third kappa shape index (κ3) is 2.24. The van der Waals surface area contributed by atoms with Crippen LogP contribution in [0.4, 0.5) is 0 Å². The summed E-state index contributed by atoms with van der Waals surface area (Å²) < 4.78 is 1.69. The van der Waals surface area contributed by atoms with Gasteiger partial charge in [-0.25, -0.2) is 4.68 Å². The normalized spacial score (nSPS) is 10.6. The van der Waals surface area contributed by atoms with Gasteiger partial charge in [-0.15, -0.1) is 0 Å². The molecule has 0 bridgehead atoms. The smallest absolute Gasteiger partial charge is 0.307 e. The van der Waals surface area contributed by atoms with E-state index in [1.165, 1.54) is 0 Å². The highest BCUT2D eigenvalue weighted by atomic mass is 35.5. The molecule has 2 rings (SSSR count). The van der Waals surface area contributed by atoms with E-state index < -0.39 is 5.97 Å². The Morgan fingerprint density at radius 2 is 2.06 bits per heavy atom. The SMILES string of the molecule is Cc1nn(-c2ccccc2Cl)c(C)c1CC(=O)O. The van der Waals surface area contributed by atoms with Crippen LogP contribution in [0, 0.1) is 13.8 Å². The van der Waals surface area contributed by atoms with Crippen LogP contribution in [0.5, 0.6) is 0 Å². The van der Waals surface area contributed by atoms with Crippen LogP contribution in [0.2, 0.25) is 5.02 Å². The maximum absolute atomic E-state index is 10.8. The van der Waals surface area contributed by atoms with Gasteiger partial charge in [-0.1, -0.05) is 23.7 Å². The quantitative estimate of drug-likeness (QED) is 0.927. The fraction of sp³-hybridized carbons (Fsp3) is 0.231. The fourth-order valence-corrected chi connectivity index (χ4v) is 2.16. The molecular weight excluding hydrogens is 252 g/mol. The van der Waals surface area contributed by atoms with Crippen LogP contribution in [-0.2, 0) is 11.2 Å². The molecule has 0 fully saturated rings. The first-order valence-electron chi connectivity index (χ1n) is 5.52. The number of hydrogen-bond donors (Lipinski definition) is 1. The molecule has 0 aliphatic heterocycles. The Balaban J connectivity index is 2.54. The lowest BCUT2D eigenvalue weighted by molar-refractivity contribution is -0.136. The van der Waals surface area contributed by atoms with Crippen LogP contribution in [0.3, 0.4) is 0 Å². The van der Waals surface area contributed by atoms with Crippen molar-refractivity contribution in [2.75, 3.05) is 0 Å². The van der Waals surface area contributed by atoms with Gasteiger partial charge in [-0.3, -0.25) is 4.79 Å². The lowest BCUT2D eigenvalue weighted by Crippen LogP contribution is -2.03. The van der Waals surface area contributed by atoms with Crippen LogP contribution in [-0.4, -0.2) is 20.9 Å². The van der Waals surface area contributed by atoms with Crippen LogP contribution < -0.4 is 0 Å². The van der Waals surface area contributed by atoms with Crippen LogP contribution in [0.1, 0.15) is 17.0 Å². The van der Waals surface area contributed by atoms with E-state index in [1.807, 2.05) is 25.1 Å². The first-order valence-corrected chi connectivity index (χ1v) is 5.90. The number of benzene rings is 1. The Hall–Kier alpha value is -1.81. The van der Waals surface area contributed by atoms with E-state index in [9.17, 15) is 4.79 Å². The molecule has 0 saturated carbocycles. The fourth-order valence-electron chi connectivity index (χ4n) is 1.94. The second-order valence-corrected chi connectivity index (χ2v) is 4.49. The number of hydrogen-bond acceptors (Lipinski definition) is 2. The van der Waals surface area contributed by atoms with Gasteiger partial charge in [0.1, 0.15) is 0 Å². The van der Waals surface area contributed by atoms with E-state index in [4.69, 9.17) is 16.7 Å². The summed E-state index contributed by atoms with van der Waals surface area (Å²) in [5.74, 6) is -0.861. The molecule has 0 aliphatic carbocycles. The molecule has 0 unspecified atom stereocenters. The highest BCUT2D eigenvalue weighted by Crippen LogP contribution is 2.23. The number of carboxylic acids is 1. The molecule has 0 saturated heterocycles. The Morgan fingerprint density at radius 1 is 1.39 bits per heavy atom. The summed E-state index contributed by atoms with van der Waals surface area (Å²) in [6.45, 7) is 3.65. The molecule has 0 amide bonds. The highest BCUT2D eigenvalue weighted by Gasteiger charge is 2.16. The third-order valence-electron chi connectivity index (χ3n) is 2.85. The molecule has 0 aliphatic rings. The van der Waals surface area contributed by atoms with E-state index in [1.54, 1.807) is 17.7 Å². The van der Waals surface area contributed by atoms with Gasteiger partial charge in [0.15, 0.2) is 0 Å². The van der Waals surface area contributed by atoms with Crippen LogP contribution >= 0.6 is 11.6 Å². The van der Waals surface area contributed by atoms with Gasteiger partial charge < -0.3 is 5.11 Å². The van der Waals surface area contributed by atoms with Crippen molar-refractivity contribution in [3.63, 3.8) is 0 Å². The molecule has 1 aromatic heterocycles. The average molecular weight is 265 g/mol. The summed E-state index contributed by atoms with van der Waals surface area (Å²) in [5.41, 5.74) is 3.02. The number of carboxylic acid groups (broad SMARTS) is 1. The van der Waals surface area contributed by atoms with Crippen molar-refractivity contribution < 1.29 is 9.90 Å². The monoisotopic (exact) mass is 264 g/mol. The Labute approximate surface area is 110 Å². The van der Waals surface area contributed by atoms with Crippen molar-refractivity contribution in [3.05, 3.63) is 46.2 Å². The Bertz CT molecular complexity index is 605. The van der Waals surface area contributed by atoms with Crippen molar-refractivity contribution in [3.8, 4) is 5.69 Å². The number of aryl methyl sites for hydroxylation is 1. The molecule has 2 aromatic rings. The largest absolute Gasteiger partial charge is 0.481 e. The molecule has 5 heteroatoms. The predicted molar refractivity (Wildman–Crippen MR) is 69.4 cm³/mol. The van der Waals surface area contributed by atoms with Gasteiger partial charge in [0.05, 0.1) is 22.8 Å². The minimum Gasteiger partial charge on any atom is -0.481 e. The Morgan fingerprint density at radius 3 is 2.67 bits per heavy atom. The summed E-state index contributed by atoms with van der Waals surface area (Å²) in [6, 6.07) is 7.35. The lowest BCUT2D eigenvalue weighted by Gasteiger charge is -2.06. The summed E-state index contributed by atoms with van der Waals surface area (Å²) >= 11 is 6.12. The molecule has 0 spiro atoms. The molecule has 18 heavy (non-hydrogen) atoms. The predicted octanol–water partition coefficient (Wildman–Crippen LogP) is 2.77. The third-order valence-corrected chi connectivity index (χ3v) is 3.17. The second kappa shape index (κ2) is 4.82. The van der Waals surface area contributed by atoms with Crippen molar-refractivity contribution in [1.82, 2.24) is 9.78 Å². The van der Waals surface area contributed by atoms with Gasteiger partial charge in [0.2, 0.25) is 0 Å². The zero-order chi connectivity index (χ0) is 13.3. The van der Waals surface area contributed by atoms with E-state index in [-0.39, 0.29) is 6.42 Å². The van der Waals surface area contributed by atoms with Crippen molar-refractivity contribution in [2.24, 2.45) is 0 Å². The molecule has 94 valence electrons. The summed E-state index contributed by atoms with van der Waals surface area (Å²) in [5, 5.41) is 13.8. The molecule has 1 heterocycles. The number of carbonyl (C=O) groups is 1. The van der Waals surface area contributed by atoms with E-state index >= 15 is 0 Å². The summed E-state index contributed by atoms with van der Waals surface area (Å²) in [6.07, 6.45) is -0.0257. The molecular formula is C13H13ClN2O2. The van der Waals surface area contributed by atoms with Gasteiger partial charge >= 0.3 is 5.97 Å². The molecule has 1 aromatic carbocycles. The standard InChI is InChI=1S/C13H13ClN2O2/c1-8-10(7-13(17)18)9(2)16(15-8)12-6-4-3-5-11(12)14/h3-6H,7H2,1-2H3,(H,17,18). The Kier molecular flexibility index (Phi) is 3.39. The van der Waals surface area contributed by atoms with Gasteiger partial charge in [-0.05, 0) is 26.0 Å². The maximum atomic E-state index is 10.8. The molecule has 0 atom stereocenters. The molecule has 0 radical (unpaired) electrons. The van der Waals surface area contributed by atoms with E-state index in [2.05, 4.69) is 5.10 Å². The highest BCUT2D eigenvalue weighted by molar-refractivity contribution is 6.32. The minimum absolute atomic E-state index is 0.0257.